The molecule has 0 aliphatic heterocycles. The van der Waals surface area contributed by atoms with E-state index in [9.17, 15) is 13.2 Å². The highest BCUT2D eigenvalue weighted by atomic mass is 35.5. The van der Waals surface area contributed by atoms with Gasteiger partial charge in [0.05, 0.1) is 9.92 Å². The van der Waals surface area contributed by atoms with Gasteiger partial charge in [-0.05, 0) is 48.7 Å². The number of amides is 1. The van der Waals surface area contributed by atoms with Crippen molar-refractivity contribution in [1.82, 2.24) is 5.32 Å². The van der Waals surface area contributed by atoms with Crippen LogP contribution in [0.25, 0.3) is 0 Å². The van der Waals surface area contributed by atoms with Crippen molar-refractivity contribution in [3.63, 3.8) is 0 Å². The summed E-state index contributed by atoms with van der Waals surface area (Å²) < 4.78 is 27.8. The van der Waals surface area contributed by atoms with Crippen LogP contribution >= 0.6 is 11.6 Å². The fourth-order valence-corrected chi connectivity index (χ4v) is 2.80. The molecule has 1 amide bonds. The van der Waals surface area contributed by atoms with Gasteiger partial charge >= 0.3 is 0 Å². The van der Waals surface area contributed by atoms with Gasteiger partial charge in [0.15, 0.2) is 6.61 Å². The molecule has 0 fully saturated rings. The van der Waals surface area contributed by atoms with Crippen molar-refractivity contribution in [3.05, 3.63) is 58.6 Å². The van der Waals surface area contributed by atoms with Gasteiger partial charge in [-0.2, -0.15) is 0 Å². The Morgan fingerprint density at radius 1 is 1.20 bits per heavy atom. The zero-order valence-corrected chi connectivity index (χ0v) is 15.2. The van der Waals surface area contributed by atoms with Gasteiger partial charge in [-0.25, -0.2) is 13.6 Å². The topological polar surface area (TPSA) is 98.5 Å². The van der Waals surface area contributed by atoms with E-state index in [1.165, 1.54) is 12.1 Å². The number of carbonyl (C=O) groups excluding carboxylic acids is 1. The van der Waals surface area contributed by atoms with Crippen molar-refractivity contribution in [2.75, 3.05) is 13.2 Å². The molecule has 0 atom stereocenters. The van der Waals surface area contributed by atoms with E-state index in [1.54, 1.807) is 24.3 Å². The van der Waals surface area contributed by atoms with Crippen LogP contribution in [0.1, 0.15) is 11.1 Å². The predicted molar refractivity (Wildman–Crippen MR) is 96.2 cm³/mol. The van der Waals surface area contributed by atoms with Crippen LogP contribution in [0, 0.1) is 6.92 Å². The summed E-state index contributed by atoms with van der Waals surface area (Å²) in [4.78, 5) is 11.9. The Bertz CT molecular complexity index is 851. The van der Waals surface area contributed by atoms with E-state index in [4.69, 9.17) is 21.5 Å². The number of hydrogen-bond donors (Lipinski definition) is 2. The first-order valence-electron chi connectivity index (χ1n) is 7.53. The summed E-state index contributed by atoms with van der Waals surface area (Å²) in [6.45, 7) is 2.18. The lowest BCUT2D eigenvalue weighted by Crippen LogP contribution is -2.30. The monoisotopic (exact) mass is 382 g/mol. The Hall–Kier alpha value is -2.09. The maximum Gasteiger partial charge on any atom is 0.257 e. The molecule has 0 unspecified atom stereocenters. The Morgan fingerprint density at radius 3 is 2.52 bits per heavy atom. The molecule has 8 heteroatoms. The largest absolute Gasteiger partial charge is 0.482 e. The SMILES string of the molecule is Cc1ccc(Cl)c(OCC(=O)NCCc2ccc(S(N)(=O)=O)cc2)c1. The number of nitrogens with one attached hydrogen (secondary N) is 1. The number of primary sulfonamides is 1. The fraction of sp³-hybridized carbons (Fsp3) is 0.235. The number of carbonyl (C=O) groups is 1. The van der Waals surface area contributed by atoms with Gasteiger partial charge in [-0.15, -0.1) is 0 Å². The number of benzene rings is 2. The molecule has 2 aromatic carbocycles. The molecule has 3 N–H and O–H groups in total. The molecule has 25 heavy (non-hydrogen) atoms. The number of sulfonamides is 1. The minimum Gasteiger partial charge on any atom is -0.482 e. The summed E-state index contributed by atoms with van der Waals surface area (Å²) in [6, 6.07) is 11.5. The van der Waals surface area contributed by atoms with Crippen molar-refractivity contribution in [3.8, 4) is 5.75 Å². The van der Waals surface area contributed by atoms with Crippen LogP contribution in [0.2, 0.25) is 5.02 Å². The molecule has 0 heterocycles. The van der Waals surface area contributed by atoms with E-state index in [1.807, 2.05) is 13.0 Å². The summed E-state index contributed by atoms with van der Waals surface area (Å²) in [5.41, 5.74) is 1.87. The molecule has 0 aliphatic carbocycles. The molecule has 134 valence electrons. The Labute approximate surface area is 152 Å². The highest BCUT2D eigenvalue weighted by Gasteiger charge is 2.08. The molecule has 0 radical (unpaired) electrons. The average molecular weight is 383 g/mol. The number of hydrogen-bond acceptors (Lipinski definition) is 4. The Balaban J connectivity index is 1.78. The lowest BCUT2D eigenvalue weighted by Gasteiger charge is -2.09. The van der Waals surface area contributed by atoms with Crippen LogP contribution in [0.5, 0.6) is 5.75 Å². The quantitative estimate of drug-likeness (QED) is 0.765. The normalized spacial score (nSPS) is 11.2. The van der Waals surface area contributed by atoms with E-state index in [-0.39, 0.29) is 17.4 Å². The van der Waals surface area contributed by atoms with Crippen molar-refractivity contribution in [2.45, 2.75) is 18.2 Å². The number of halogens is 1. The van der Waals surface area contributed by atoms with E-state index < -0.39 is 10.0 Å². The molecular weight excluding hydrogens is 364 g/mol. The minimum absolute atomic E-state index is 0.0590. The van der Waals surface area contributed by atoms with Crippen LogP contribution in [-0.4, -0.2) is 27.5 Å². The van der Waals surface area contributed by atoms with Gasteiger partial charge in [-0.3, -0.25) is 4.79 Å². The molecule has 6 nitrogen and oxygen atoms in total. The molecular formula is C17H19ClN2O4S. The van der Waals surface area contributed by atoms with E-state index >= 15 is 0 Å². The van der Waals surface area contributed by atoms with Crippen molar-refractivity contribution >= 4 is 27.5 Å². The molecule has 2 rings (SSSR count). The highest BCUT2D eigenvalue weighted by Crippen LogP contribution is 2.24. The van der Waals surface area contributed by atoms with Gasteiger partial charge < -0.3 is 10.1 Å². The number of rotatable bonds is 7. The second-order valence-electron chi connectivity index (χ2n) is 5.51. The first-order chi connectivity index (χ1) is 11.8. The fourth-order valence-electron chi connectivity index (χ4n) is 2.11. The van der Waals surface area contributed by atoms with Gasteiger partial charge in [0, 0.05) is 6.54 Å². The van der Waals surface area contributed by atoms with Gasteiger partial charge in [0.25, 0.3) is 5.91 Å². The lowest BCUT2D eigenvalue weighted by molar-refractivity contribution is -0.123. The first kappa shape index (κ1) is 19.2. The third-order valence-electron chi connectivity index (χ3n) is 3.43. The smallest absolute Gasteiger partial charge is 0.257 e. The van der Waals surface area contributed by atoms with Gasteiger partial charge in [0.1, 0.15) is 5.75 Å². The van der Waals surface area contributed by atoms with Crippen LogP contribution in [-0.2, 0) is 21.2 Å². The van der Waals surface area contributed by atoms with Crippen molar-refractivity contribution in [2.24, 2.45) is 5.14 Å². The number of ether oxygens (including phenoxy) is 1. The second-order valence-corrected chi connectivity index (χ2v) is 7.48. The van der Waals surface area contributed by atoms with Crippen molar-refractivity contribution in [1.29, 1.82) is 0 Å². The van der Waals surface area contributed by atoms with Crippen LogP contribution in [0.3, 0.4) is 0 Å². The van der Waals surface area contributed by atoms with Gasteiger partial charge in [0.2, 0.25) is 10.0 Å². The number of nitrogens with two attached hydrogens (primary N) is 1. The molecule has 2 aromatic rings. The van der Waals surface area contributed by atoms with E-state index in [2.05, 4.69) is 5.32 Å². The Morgan fingerprint density at radius 2 is 1.88 bits per heavy atom. The minimum atomic E-state index is -3.69. The molecule has 0 saturated heterocycles. The molecule has 0 aliphatic rings. The van der Waals surface area contributed by atoms with Crippen LogP contribution < -0.4 is 15.2 Å². The predicted octanol–water partition coefficient (Wildman–Crippen LogP) is 2.03. The van der Waals surface area contributed by atoms with E-state index in [0.29, 0.717) is 23.7 Å². The molecule has 0 saturated carbocycles. The molecule has 0 spiro atoms. The Kier molecular flexibility index (Phi) is 6.41. The molecule has 0 aromatic heterocycles. The molecule has 0 bridgehead atoms. The summed E-state index contributed by atoms with van der Waals surface area (Å²) >= 11 is 6.00. The van der Waals surface area contributed by atoms with Gasteiger partial charge in [-0.1, -0.05) is 29.8 Å². The maximum absolute atomic E-state index is 11.8. The second kappa shape index (κ2) is 8.33. The summed E-state index contributed by atoms with van der Waals surface area (Å²) in [5, 5.41) is 8.22. The van der Waals surface area contributed by atoms with Crippen LogP contribution in [0.4, 0.5) is 0 Å². The van der Waals surface area contributed by atoms with Crippen LogP contribution in [0.15, 0.2) is 47.4 Å². The highest BCUT2D eigenvalue weighted by molar-refractivity contribution is 7.89. The number of aryl methyl sites for hydroxylation is 1. The third kappa shape index (κ3) is 6.04. The average Bonchev–Trinajstić information content (AvgIpc) is 2.55. The summed E-state index contributed by atoms with van der Waals surface area (Å²) in [6.07, 6.45) is 0.557. The standard InChI is InChI=1S/C17H19ClN2O4S/c1-12-2-7-15(18)16(10-12)24-11-17(21)20-9-8-13-3-5-14(6-4-13)25(19,22)23/h2-7,10H,8-9,11H2,1H3,(H,20,21)(H2,19,22,23). The zero-order valence-electron chi connectivity index (χ0n) is 13.7. The lowest BCUT2D eigenvalue weighted by atomic mass is 10.1. The van der Waals surface area contributed by atoms with E-state index in [0.717, 1.165) is 11.1 Å². The zero-order chi connectivity index (χ0) is 18.4. The third-order valence-corrected chi connectivity index (χ3v) is 4.67. The van der Waals surface area contributed by atoms with Crippen molar-refractivity contribution < 1.29 is 17.9 Å². The summed E-state index contributed by atoms with van der Waals surface area (Å²) in [5.74, 6) is 0.203. The summed E-state index contributed by atoms with van der Waals surface area (Å²) in [7, 11) is -3.69. The first-order valence-corrected chi connectivity index (χ1v) is 9.45. The maximum atomic E-state index is 11.8.